The highest BCUT2D eigenvalue weighted by atomic mass is 32.2. The van der Waals surface area contributed by atoms with Crippen molar-refractivity contribution >= 4 is 15.9 Å². The van der Waals surface area contributed by atoms with Gasteiger partial charge in [-0.1, -0.05) is 6.07 Å². The first-order chi connectivity index (χ1) is 13.8. The van der Waals surface area contributed by atoms with Gasteiger partial charge in [-0.25, -0.2) is 8.42 Å². The molecule has 0 aromatic heterocycles. The van der Waals surface area contributed by atoms with E-state index in [0.29, 0.717) is 18.7 Å². The lowest BCUT2D eigenvalue weighted by Gasteiger charge is -2.56. The fourth-order valence-electron chi connectivity index (χ4n) is 6.55. The van der Waals surface area contributed by atoms with Crippen LogP contribution in [0.5, 0.6) is 0 Å². The Morgan fingerprint density at radius 2 is 1.59 bits per heavy atom. The average Bonchev–Trinajstić information content (AvgIpc) is 2.67. The summed E-state index contributed by atoms with van der Waals surface area (Å²) in [5, 5.41) is 3.35. The average molecular weight is 418 g/mol. The molecule has 0 spiro atoms. The van der Waals surface area contributed by atoms with E-state index in [1.807, 2.05) is 7.05 Å². The van der Waals surface area contributed by atoms with Gasteiger partial charge in [-0.15, -0.1) is 0 Å². The number of carbonyl (C=O) groups is 1. The zero-order chi connectivity index (χ0) is 20.2. The molecule has 5 fully saturated rings. The first kappa shape index (κ1) is 19.5. The number of hydrogen-bond donors (Lipinski definition) is 1. The van der Waals surface area contributed by atoms with Crippen LogP contribution >= 0.6 is 0 Å². The third kappa shape index (κ3) is 3.62. The number of sulfonamides is 1. The molecule has 1 saturated heterocycles. The molecule has 1 heterocycles. The lowest BCUT2D eigenvalue weighted by molar-refractivity contribution is -0.0167. The van der Waals surface area contributed by atoms with Gasteiger partial charge in [0.15, 0.2) is 0 Å². The number of amides is 1. The fourth-order valence-corrected chi connectivity index (χ4v) is 8.02. The molecule has 1 aromatic carbocycles. The van der Waals surface area contributed by atoms with Gasteiger partial charge >= 0.3 is 0 Å². The Hall–Kier alpha value is -1.44. The second-order valence-electron chi connectivity index (χ2n) is 9.89. The number of piperazine rings is 1. The third-order valence-electron chi connectivity index (χ3n) is 7.61. The Morgan fingerprint density at radius 1 is 1.00 bits per heavy atom. The van der Waals surface area contributed by atoms with Crippen molar-refractivity contribution < 1.29 is 13.2 Å². The summed E-state index contributed by atoms with van der Waals surface area (Å²) >= 11 is 0. The third-order valence-corrected chi connectivity index (χ3v) is 9.51. The van der Waals surface area contributed by atoms with Gasteiger partial charge in [0.1, 0.15) is 0 Å². The molecular weight excluding hydrogens is 386 g/mol. The highest BCUT2D eigenvalue weighted by molar-refractivity contribution is 7.89. The number of benzene rings is 1. The Bertz CT molecular complexity index is 870. The van der Waals surface area contributed by atoms with E-state index in [-0.39, 0.29) is 16.3 Å². The molecule has 158 valence electrons. The van der Waals surface area contributed by atoms with Crippen molar-refractivity contribution in [3.63, 3.8) is 0 Å². The van der Waals surface area contributed by atoms with Crippen molar-refractivity contribution in [2.75, 3.05) is 33.2 Å². The summed E-state index contributed by atoms with van der Waals surface area (Å²) < 4.78 is 27.6. The molecule has 1 N–H and O–H groups in total. The van der Waals surface area contributed by atoms with Crippen LogP contribution in [0.3, 0.4) is 0 Å². The van der Waals surface area contributed by atoms with Crippen molar-refractivity contribution in [1.29, 1.82) is 0 Å². The molecule has 1 aliphatic heterocycles. The molecule has 6 nitrogen and oxygen atoms in total. The first-order valence-corrected chi connectivity index (χ1v) is 12.4. The largest absolute Gasteiger partial charge is 0.347 e. The van der Waals surface area contributed by atoms with Crippen LogP contribution in [0.1, 0.15) is 48.9 Å². The molecule has 4 aliphatic carbocycles. The van der Waals surface area contributed by atoms with Crippen LogP contribution in [-0.4, -0.2) is 62.3 Å². The van der Waals surface area contributed by atoms with E-state index in [9.17, 15) is 13.2 Å². The Balaban J connectivity index is 1.34. The Labute approximate surface area is 173 Å². The standard InChI is InChI=1S/C22H31N3O3S/c1-24-5-7-25(8-6-24)29(27,28)20-4-2-3-19(12-20)21(26)23-22-13-16-9-17(14-22)11-18(10-16)15-22/h2-4,12,16-18H,5-11,13-15H2,1H3,(H,23,26). The van der Waals surface area contributed by atoms with Crippen molar-refractivity contribution in [3.8, 4) is 0 Å². The second kappa shape index (κ2) is 7.06. The van der Waals surface area contributed by atoms with Crippen LogP contribution in [0.25, 0.3) is 0 Å². The molecule has 0 unspecified atom stereocenters. The van der Waals surface area contributed by atoms with Crippen molar-refractivity contribution in [1.82, 2.24) is 14.5 Å². The number of rotatable bonds is 4. The van der Waals surface area contributed by atoms with Crippen LogP contribution in [0.2, 0.25) is 0 Å². The maximum Gasteiger partial charge on any atom is 0.251 e. The minimum Gasteiger partial charge on any atom is -0.347 e. The maximum absolute atomic E-state index is 13.1. The summed E-state index contributed by atoms with van der Waals surface area (Å²) in [5.74, 6) is 2.14. The molecule has 4 saturated carbocycles. The van der Waals surface area contributed by atoms with Gasteiger partial charge in [0, 0.05) is 37.3 Å². The second-order valence-corrected chi connectivity index (χ2v) is 11.8. The minimum atomic E-state index is -3.57. The number of nitrogens with one attached hydrogen (secondary N) is 1. The highest BCUT2D eigenvalue weighted by Gasteiger charge is 2.51. The van der Waals surface area contributed by atoms with Gasteiger partial charge < -0.3 is 10.2 Å². The predicted molar refractivity (Wildman–Crippen MR) is 111 cm³/mol. The minimum absolute atomic E-state index is 0.0713. The Kier molecular flexibility index (Phi) is 4.76. The van der Waals surface area contributed by atoms with E-state index in [0.717, 1.165) is 50.1 Å². The van der Waals surface area contributed by atoms with E-state index in [4.69, 9.17) is 0 Å². The molecule has 29 heavy (non-hydrogen) atoms. The van der Waals surface area contributed by atoms with Gasteiger partial charge in [0.05, 0.1) is 4.90 Å². The molecule has 7 heteroatoms. The van der Waals surface area contributed by atoms with Gasteiger partial charge in [-0.2, -0.15) is 4.31 Å². The maximum atomic E-state index is 13.1. The number of hydrogen-bond acceptors (Lipinski definition) is 4. The van der Waals surface area contributed by atoms with Crippen LogP contribution in [0, 0.1) is 17.8 Å². The molecule has 4 bridgehead atoms. The predicted octanol–water partition coefficient (Wildman–Crippen LogP) is 2.32. The Morgan fingerprint density at radius 3 is 2.17 bits per heavy atom. The van der Waals surface area contributed by atoms with Gasteiger partial charge in [-0.3, -0.25) is 4.79 Å². The summed E-state index contributed by atoms with van der Waals surface area (Å²) in [5.41, 5.74) is 0.383. The summed E-state index contributed by atoms with van der Waals surface area (Å²) in [4.78, 5) is 15.5. The van der Waals surface area contributed by atoms with Crippen molar-refractivity contribution in [2.45, 2.75) is 49.0 Å². The van der Waals surface area contributed by atoms with Gasteiger partial charge in [0.2, 0.25) is 10.0 Å². The van der Waals surface area contributed by atoms with Crippen LogP contribution in [0.4, 0.5) is 0 Å². The van der Waals surface area contributed by atoms with E-state index in [1.54, 1.807) is 24.3 Å². The highest BCUT2D eigenvalue weighted by Crippen LogP contribution is 2.55. The SMILES string of the molecule is CN1CCN(S(=O)(=O)c2cccc(C(=O)NC34CC5CC(CC(C5)C3)C4)c2)CC1. The topological polar surface area (TPSA) is 69.7 Å². The van der Waals surface area contributed by atoms with Crippen molar-refractivity contribution in [2.24, 2.45) is 17.8 Å². The van der Waals surface area contributed by atoms with E-state index in [2.05, 4.69) is 10.2 Å². The number of nitrogens with zero attached hydrogens (tertiary/aromatic N) is 2. The summed E-state index contributed by atoms with van der Waals surface area (Å²) in [6.07, 6.45) is 7.24. The summed E-state index contributed by atoms with van der Waals surface area (Å²) in [6, 6.07) is 6.59. The zero-order valence-electron chi connectivity index (χ0n) is 17.1. The lowest BCUT2D eigenvalue weighted by Crippen LogP contribution is -2.59. The quantitative estimate of drug-likeness (QED) is 0.816. The number of likely N-dealkylation sites (N-methyl/N-ethyl adjacent to an activating group) is 1. The molecule has 0 atom stereocenters. The first-order valence-electron chi connectivity index (χ1n) is 10.9. The smallest absolute Gasteiger partial charge is 0.251 e. The molecule has 1 aromatic rings. The normalized spacial score (nSPS) is 35.0. The van der Waals surface area contributed by atoms with E-state index in [1.165, 1.54) is 23.6 Å². The zero-order valence-corrected chi connectivity index (χ0v) is 18.0. The molecular formula is C22H31N3O3S. The van der Waals surface area contributed by atoms with Crippen molar-refractivity contribution in [3.05, 3.63) is 29.8 Å². The van der Waals surface area contributed by atoms with E-state index < -0.39 is 10.0 Å². The fraction of sp³-hybridized carbons (Fsp3) is 0.682. The van der Waals surface area contributed by atoms with E-state index >= 15 is 0 Å². The molecule has 0 radical (unpaired) electrons. The van der Waals surface area contributed by atoms with Crippen LogP contribution in [-0.2, 0) is 10.0 Å². The monoisotopic (exact) mass is 417 g/mol. The molecule has 1 amide bonds. The summed E-state index contributed by atoms with van der Waals surface area (Å²) in [7, 11) is -1.57. The molecule has 6 rings (SSSR count). The molecule has 5 aliphatic rings. The van der Waals surface area contributed by atoms with Gasteiger partial charge in [0.25, 0.3) is 5.91 Å². The van der Waals surface area contributed by atoms with Gasteiger partial charge in [-0.05, 0) is 81.5 Å². The van der Waals surface area contributed by atoms with Crippen LogP contribution in [0.15, 0.2) is 29.2 Å². The van der Waals surface area contributed by atoms with Crippen LogP contribution < -0.4 is 5.32 Å². The lowest BCUT2D eigenvalue weighted by atomic mass is 9.53. The number of carbonyl (C=O) groups excluding carboxylic acids is 1. The summed E-state index contributed by atoms with van der Waals surface area (Å²) in [6.45, 7) is 2.43.